The fraction of sp³-hybridized carbons (Fsp3) is 0.353. The molecule has 4 heterocycles. The Bertz CT molecular complexity index is 829. The summed E-state index contributed by atoms with van der Waals surface area (Å²) in [4.78, 5) is 17.8. The molecule has 0 spiro atoms. The highest BCUT2D eigenvalue weighted by Crippen LogP contribution is 2.17. The second kappa shape index (κ2) is 6.60. The van der Waals surface area contributed by atoms with E-state index in [9.17, 15) is 4.79 Å². The van der Waals surface area contributed by atoms with Crippen LogP contribution in [0.2, 0.25) is 0 Å². The Kier molecular flexibility index (Phi) is 4.17. The summed E-state index contributed by atoms with van der Waals surface area (Å²) in [5, 5.41) is 10.6. The Morgan fingerprint density at radius 3 is 2.92 bits per heavy atom. The zero-order valence-electron chi connectivity index (χ0n) is 13.3. The number of carbonyl (C=O) groups excluding carboxylic acids is 1. The lowest BCUT2D eigenvalue weighted by Gasteiger charge is -2.22. The van der Waals surface area contributed by atoms with Crippen molar-refractivity contribution in [3.05, 3.63) is 46.8 Å². The molecule has 1 aliphatic heterocycles. The second-order valence-electron chi connectivity index (χ2n) is 5.91. The van der Waals surface area contributed by atoms with Crippen LogP contribution in [-0.2, 0) is 11.2 Å². The Labute approximate surface area is 144 Å². The van der Waals surface area contributed by atoms with Crippen molar-refractivity contribution in [3.8, 4) is 0 Å². The number of rotatable bonds is 3. The Morgan fingerprint density at radius 1 is 1.08 bits per heavy atom. The maximum Gasteiger partial charge on any atom is 0.231 e. The molecule has 24 heavy (non-hydrogen) atoms. The van der Waals surface area contributed by atoms with E-state index >= 15 is 0 Å². The van der Waals surface area contributed by atoms with Gasteiger partial charge < -0.3 is 9.80 Å². The van der Waals surface area contributed by atoms with E-state index in [0.29, 0.717) is 6.42 Å². The summed E-state index contributed by atoms with van der Waals surface area (Å²) in [5.41, 5.74) is 0.849. The molecule has 0 saturated carbocycles. The molecule has 1 amide bonds. The SMILES string of the molecule is O=C(Cc1cccs1)N1CCCN(c2nnc3ccccn23)CC1. The molecule has 1 aliphatic rings. The minimum Gasteiger partial charge on any atom is -0.341 e. The molecule has 3 aromatic rings. The topological polar surface area (TPSA) is 53.7 Å². The van der Waals surface area contributed by atoms with Gasteiger partial charge in [0.05, 0.1) is 6.42 Å². The molecule has 7 heteroatoms. The minimum absolute atomic E-state index is 0.213. The van der Waals surface area contributed by atoms with Crippen molar-refractivity contribution in [2.45, 2.75) is 12.8 Å². The first kappa shape index (κ1) is 15.1. The highest BCUT2D eigenvalue weighted by atomic mass is 32.1. The summed E-state index contributed by atoms with van der Waals surface area (Å²) in [6.07, 6.45) is 3.43. The molecule has 0 aliphatic carbocycles. The average molecular weight is 341 g/mol. The van der Waals surface area contributed by atoms with Crippen LogP contribution in [0.3, 0.4) is 0 Å². The molecule has 124 valence electrons. The molecule has 6 nitrogen and oxygen atoms in total. The number of anilines is 1. The Hall–Kier alpha value is -2.41. The summed E-state index contributed by atoms with van der Waals surface area (Å²) < 4.78 is 2.00. The van der Waals surface area contributed by atoms with Crippen LogP contribution in [0.4, 0.5) is 5.95 Å². The zero-order chi connectivity index (χ0) is 16.4. The zero-order valence-corrected chi connectivity index (χ0v) is 14.2. The van der Waals surface area contributed by atoms with Crippen molar-refractivity contribution in [3.63, 3.8) is 0 Å². The third-order valence-electron chi connectivity index (χ3n) is 4.33. The van der Waals surface area contributed by atoms with Crippen LogP contribution in [0.25, 0.3) is 5.65 Å². The summed E-state index contributed by atoms with van der Waals surface area (Å²) in [7, 11) is 0. The van der Waals surface area contributed by atoms with E-state index in [2.05, 4.69) is 15.1 Å². The van der Waals surface area contributed by atoms with Gasteiger partial charge in [-0.25, -0.2) is 0 Å². The lowest BCUT2D eigenvalue weighted by molar-refractivity contribution is -0.130. The van der Waals surface area contributed by atoms with E-state index in [-0.39, 0.29) is 5.91 Å². The normalized spacial score (nSPS) is 15.7. The van der Waals surface area contributed by atoms with Gasteiger partial charge in [-0.15, -0.1) is 21.5 Å². The minimum atomic E-state index is 0.213. The van der Waals surface area contributed by atoms with Gasteiger partial charge in [0.25, 0.3) is 0 Å². The third-order valence-corrected chi connectivity index (χ3v) is 5.21. The standard InChI is InChI=1S/C17H19N5OS/c23-16(13-14-5-3-12-24-14)20-7-4-8-21(11-10-20)17-19-18-15-6-1-2-9-22(15)17/h1-3,5-6,9,12H,4,7-8,10-11,13H2. The van der Waals surface area contributed by atoms with Crippen LogP contribution in [0.5, 0.6) is 0 Å². The predicted octanol–water partition coefficient (Wildman–Crippen LogP) is 2.07. The molecule has 0 atom stereocenters. The molecule has 1 saturated heterocycles. The van der Waals surface area contributed by atoms with Crippen LogP contribution in [0.15, 0.2) is 41.9 Å². The molecular formula is C17H19N5OS. The Balaban J connectivity index is 1.45. The average Bonchev–Trinajstić information content (AvgIpc) is 3.19. The number of thiophene rings is 1. The first-order valence-corrected chi connectivity index (χ1v) is 9.04. The molecule has 0 aromatic carbocycles. The molecule has 0 N–H and O–H groups in total. The fourth-order valence-corrected chi connectivity index (χ4v) is 3.78. The number of carbonyl (C=O) groups is 1. The van der Waals surface area contributed by atoms with Gasteiger partial charge in [-0.3, -0.25) is 9.20 Å². The molecule has 0 unspecified atom stereocenters. The van der Waals surface area contributed by atoms with E-state index in [1.54, 1.807) is 11.3 Å². The van der Waals surface area contributed by atoms with Gasteiger partial charge in [0.1, 0.15) is 0 Å². The molecule has 4 rings (SSSR count). The molecule has 3 aromatic heterocycles. The number of nitrogens with zero attached hydrogens (tertiary/aromatic N) is 5. The molecule has 0 radical (unpaired) electrons. The van der Waals surface area contributed by atoms with Gasteiger partial charge in [-0.05, 0) is 30.0 Å². The summed E-state index contributed by atoms with van der Waals surface area (Å²) >= 11 is 1.64. The van der Waals surface area contributed by atoms with E-state index in [0.717, 1.165) is 49.1 Å². The number of pyridine rings is 1. The summed E-state index contributed by atoms with van der Waals surface area (Å²) in [6.45, 7) is 3.20. The molecule has 1 fully saturated rings. The van der Waals surface area contributed by atoms with Gasteiger partial charge in [0, 0.05) is 37.3 Å². The highest BCUT2D eigenvalue weighted by molar-refractivity contribution is 7.10. The van der Waals surface area contributed by atoms with E-state index < -0.39 is 0 Å². The fourth-order valence-electron chi connectivity index (χ4n) is 3.09. The van der Waals surface area contributed by atoms with Crippen LogP contribution >= 0.6 is 11.3 Å². The Morgan fingerprint density at radius 2 is 2.04 bits per heavy atom. The van der Waals surface area contributed by atoms with Crippen molar-refractivity contribution in [1.29, 1.82) is 0 Å². The lowest BCUT2D eigenvalue weighted by atomic mass is 10.3. The van der Waals surface area contributed by atoms with E-state index in [4.69, 9.17) is 0 Å². The van der Waals surface area contributed by atoms with Gasteiger partial charge in [-0.1, -0.05) is 12.1 Å². The van der Waals surface area contributed by atoms with Crippen molar-refractivity contribution in [2.24, 2.45) is 0 Å². The highest BCUT2D eigenvalue weighted by Gasteiger charge is 2.22. The van der Waals surface area contributed by atoms with Crippen LogP contribution in [-0.4, -0.2) is 51.6 Å². The van der Waals surface area contributed by atoms with E-state index in [1.165, 1.54) is 0 Å². The predicted molar refractivity (Wildman–Crippen MR) is 94.4 cm³/mol. The summed E-state index contributed by atoms with van der Waals surface area (Å²) in [6, 6.07) is 9.91. The van der Waals surface area contributed by atoms with Gasteiger partial charge in [-0.2, -0.15) is 0 Å². The molecular weight excluding hydrogens is 322 g/mol. The van der Waals surface area contributed by atoms with Gasteiger partial charge in [0.15, 0.2) is 5.65 Å². The van der Waals surface area contributed by atoms with Crippen molar-refractivity contribution < 1.29 is 4.79 Å². The van der Waals surface area contributed by atoms with Crippen LogP contribution in [0.1, 0.15) is 11.3 Å². The first-order valence-electron chi connectivity index (χ1n) is 8.16. The van der Waals surface area contributed by atoms with Gasteiger partial charge >= 0.3 is 0 Å². The maximum atomic E-state index is 12.5. The number of amides is 1. The summed E-state index contributed by atoms with van der Waals surface area (Å²) in [5.74, 6) is 1.07. The number of aromatic nitrogens is 3. The van der Waals surface area contributed by atoms with Crippen molar-refractivity contribution in [2.75, 3.05) is 31.1 Å². The third kappa shape index (κ3) is 2.99. The van der Waals surface area contributed by atoms with Crippen LogP contribution < -0.4 is 4.90 Å². The van der Waals surface area contributed by atoms with Gasteiger partial charge in [0.2, 0.25) is 11.9 Å². The molecule has 0 bridgehead atoms. The van der Waals surface area contributed by atoms with Crippen LogP contribution in [0, 0.1) is 0 Å². The number of hydrogen-bond acceptors (Lipinski definition) is 5. The quantitative estimate of drug-likeness (QED) is 0.732. The number of hydrogen-bond donors (Lipinski definition) is 0. The smallest absolute Gasteiger partial charge is 0.231 e. The van der Waals surface area contributed by atoms with Crippen molar-refractivity contribution >= 4 is 28.8 Å². The van der Waals surface area contributed by atoms with Crippen molar-refractivity contribution in [1.82, 2.24) is 19.5 Å². The largest absolute Gasteiger partial charge is 0.341 e. The first-order chi connectivity index (χ1) is 11.8. The second-order valence-corrected chi connectivity index (χ2v) is 6.94. The number of fused-ring (bicyclic) bond motifs is 1. The van der Waals surface area contributed by atoms with E-state index in [1.807, 2.05) is 51.2 Å². The monoisotopic (exact) mass is 341 g/mol. The maximum absolute atomic E-state index is 12.5. The lowest BCUT2D eigenvalue weighted by Crippen LogP contribution is -2.36.